The molecule has 0 radical (unpaired) electrons. The minimum Gasteiger partial charge on any atom is -0.507 e. The zero-order valence-electron chi connectivity index (χ0n) is 20.1. The summed E-state index contributed by atoms with van der Waals surface area (Å²) in [5.41, 5.74) is 1.41. The van der Waals surface area contributed by atoms with Crippen LogP contribution < -0.4 is 19.1 Å². The number of carbonyl (C=O) groups is 2. The zero-order valence-corrected chi connectivity index (χ0v) is 20.1. The molecule has 3 aromatic rings. The van der Waals surface area contributed by atoms with Crippen LogP contribution in [0.2, 0.25) is 0 Å². The van der Waals surface area contributed by atoms with Crippen LogP contribution >= 0.6 is 0 Å². The number of halogens is 3. The van der Waals surface area contributed by atoms with E-state index in [4.69, 9.17) is 9.47 Å². The first-order chi connectivity index (χ1) is 18.2. The maximum absolute atomic E-state index is 13.3. The average Bonchev–Trinajstić information content (AvgIpc) is 3.17. The van der Waals surface area contributed by atoms with Gasteiger partial charge >= 0.3 is 6.36 Å². The van der Waals surface area contributed by atoms with Gasteiger partial charge in [-0.25, -0.2) is 0 Å². The molecule has 5 rings (SSSR count). The normalized spacial score (nSPS) is 18.6. The summed E-state index contributed by atoms with van der Waals surface area (Å²) in [7, 11) is 1.48. The number of ether oxygens (including phenoxy) is 3. The van der Waals surface area contributed by atoms with E-state index in [1.165, 1.54) is 19.2 Å². The van der Waals surface area contributed by atoms with Crippen LogP contribution in [0.1, 0.15) is 29.2 Å². The largest absolute Gasteiger partial charge is 0.573 e. The summed E-state index contributed by atoms with van der Waals surface area (Å²) in [4.78, 5) is 27.7. The molecule has 0 saturated carbocycles. The highest BCUT2D eigenvalue weighted by Crippen LogP contribution is 2.44. The van der Waals surface area contributed by atoms with Crippen LogP contribution in [0.15, 0.2) is 72.3 Å². The summed E-state index contributed by atoms with van der Waals surface area (Å²) in [6, 6.07) is 15.1. The van der Waals surface area contributed by atoms with Crippen molar-refractivity contribution >= 4 is 23.1 Å². The standard InChI is InChI=1S/C28H22F3NO6/c1-36-20-10-7-16(8-11-20)24-23(25(33)18-9-12-22-17(14-18)4-3-13-37-22)26(34)27(35)32(24)19-5-2-6-21(15-19)38-28(29,30)31/h2,5-12,14-15,24,33H,3-4,13H2,1H3/b25-23-. The summed E-state index contributed by atoms with van der Waals surface area (Å²) in [6.45, 7) is 0.581. The van der Waals surface area contributed by atoms with Crippen molar-refractivity contribution in [3.63, 3.8) is 0 Å². The van der Waals surface area contributed by atoms with Gasteiger partial charge in [0.05, 0.1) is 25.3 Å². The Labute approximate surface area is 215 Å². The van der Waals surface area contributed by atoms with E-state index in [1.54, 1.807) is 42.5 Å². The highest BCUT2D eigenvalue weighted by atomic mass is 19.4. The fourth-order valence-electron chi connectivity index (χ4n) is 4.69. The summed E-state index contributed by atoms with van der Waals surface area (Å²) >= 11 is 0. The van der Waals surface area contributed by atoms with Crippen molar-refractivity contribution in [1.82, 2.24) is 0 Å². The number of rotatable bonds is 5. The number of amides is 1. The van der Waals surface area contributed by atoms with Crippen molar-refractivity contribution in [1.29, 1.82) is 0 Å². The molecule has 1 saturated heterocycles. The van der Waals surface area contributed by atoms with E-state index >= 15 is 0 Å². The maximum Gasteiger partial charge on any atom is 0.573 e. The molecule has 7 nitrogen and oxygen atoms in total. The van der Waals surface area contributed by atoms with Crippen molar-refractivity contribution in [2.45, 2.75) is 25.2 Å². The fourth-order valence-corrected chi connectivity index (χ4v) is 4.69. The number of aliphatic hydroxyl groups is 1. The van der Waals surface area contributed by atoms with Gasteiger partial charge in [0.1, 0.15) is 23.0 Å². The molecule has 1 amide bonds. The third-order valence-electron chi connectivity index (χ3n) is 6.39. The van der Waals surface area contributed by atoms with E-state index in [2.05, 4.69) is 4.74 Å². The second-order valence-electron chi connectivity index (χ2n) is 8.76. The van der Waals surface area contributed by atoms with E-state index in [-0.39, 0.29) is 11.3 Å². The summed E-state index contributed by atoms with van der Waals surface area (Å²) in [6.07, 6.45) is -3.43. The second-order valence-corrected chi connectivity index (χ2v) is 8.76. The van der Waals surface area contributed by atoms with Gasteiger partial charge in [0, 0.05) is 17.3 Å². The molecule has 1 N–H and O–H groups in total. The van der Waals surface area contributed by atoms with Gasteiger partial charge in [-0.2, -0.15) is 0 Å². The predicted octanol–water partition coefficient (Wildman–Crippen LogP) is 5.55. The number of aliphatic hydroxyl groups excluding tert-OH is 1. The Hall–Kier alpha value is -4.47. The van der Waals surface area contributed by atoms with Crippen LogP contribution in [0.5, 0.6) is 17.2 Å². The van der Waals surface area contributed by atoms with Crippen LogP contribution in [-0.4, -0.2) is 36.9 Å². The van der Waals surface area contributed by atoms with E-state index in [0.717, 1.165) is 35.4 Å². The molecule has 2 aliphatic rings. The number of alkyl halides is 3. The summed E-state index contributed by atoms with van der Waals surface area (Å²) in [5.74, 6) is -1.73. The number of anilines is 1. The lowest BCUT2D eigenvalue weighted by molar-refractivity contribution is -0.274. The Morgan fingerprint density at radius 2 is 1.79 bits per heavy atom. The van der Waals surface area contributed by atoms with Crippen molar-refractivity contribution in [2.24, 2.45) is 0 Å². The minimum atomic E-state index is -4.95. The second kappa shape index (κ2) is 9.77. The number of fused-ring (bicyclic) bond motifs is 1. The predicted molar refractivity (Wildman–Crippen MR) is 131 cm³/mol. The summed E-state index contributed by atoms with van der Waals surface area (Å²) < 4.78 is 53.4. The van der Waals surface area contributed by atoms with Gasteiger partial charge in [-0.1, -0.05) is 18.2 Å². The number of aryl methyl sites for hydroxylation is 1. The number of hydrogen-bond acceptors (Lipinski definition) is 6. The monoisotopic (exact) mass is 525 g/mol. The molecule has 1 fully saturated rings. The van der Waals surface area contributed by atoms with Crippen LogP contribution in [0.4, 0.5) is 18.9 Å². The number of nitrogens with zero attached hydrogens (tertiary/aromatic N) is 1. The van der Waals surface area contributed by atoms with Crippen LogP contribution in [-0.2, 0) is 16.0 Å². The molecule has 1 unspecified atom stereocenters. The van der Waals surface area contributed by atoms with Crippen molar-refractivity contribution in [2.75, 3.05) is 18.6 Å². The van der Waals surface area contributed by atoms with Crippen molar-refractivity contribution in [3.05, 3.63) is 89.0 Å². The Balaban J connectivity index is 1.66. The molecule has 0 bridgehead atoms. The third kappa shape index (κ3) is 4.77. The number of carbonyl (C=O) groups excluding carboxylic acids is 2. The highest BCUT2D eigenvalue weighted by Gasteiger charge is 2.47. The van der Waals surface area contributed by atoms with E-state index in [1.807, 2.05) is 0 Å². The molecular formula is C28H22F3NO6. The Kier molecular flexibility index (Phi) is 6.48. The topological polar surface area (TPSA) is 85.3 Å². The molecule has 0 spiro atoms. The third-order valence-corrected chi connectivity index (χ3v) is 6.39. The fraction of sp³-hybridized carbons (Fsp3) is 0.214. The van der Waals surface area contributed by atoms with E-state index in [0.29, 0.717) is 29.2 Å². The first-order valence-electron chi connectivity index (χ1n) is 11.7. The molecule has 38 heavy (non-hydrogen) atoms. The lowest BCUT2D eigenvalue weighted by Crippen LogP contribution is -2.29. The molecule has 10 heteroatoms. The number of methoxy groups -OCH3 is 1. The van der Waals surface area contributed by atoms with Gasteiger partial charge in [0.15, 0.2) is 0 Å². The number of ketones is 1. The van der Waals surface area contributed by atoms with Crippen LogP contribution in [0.3, 0.4) is 0 Å². The number of hydrogen-bond donors (Lipinski definition) is 1. The number of benzene rings is 3. The minimum absolute atomic E-state index is 0.00689. The van der Waals surface area contributed by atoms with E-state index in [9.17, 15) is 27.9 Å². The maximum atomic E-state index is 13.3. The summed E-state index contributed by atoms with van der Waals surface area (Å²) in [5, 5.41) is 11.4. The smallest absolute Gasteiger partial charge is 0.507 e. The molecular weight excluding hydrogens is 503 g/mol. The zero-order chi connectivity index (χ0) is 27.0. The van der Waals surface area contributed by atoms with Gasteiger partial charge in [-0.3, -0.25) is 14.5 Å². The number of Topliss-reactive ketones (excluding diaryl/α,β-unsaturated/α-hetero) is 1. The first-order valence-corrected chi connectivity index (χ1v) is 11.7. The highest BCUT2D eigenvalue weighted by molar-refractivity contribution is 6.51. The van der Waals surface area contributed by atoms with E-state index < -0.39 is 35.6 Å². The molecule has 2 heterocycles. The Morgan fingerprint density at radius 3 is 2.50 bits per heavy atom. The molecule has 0 aliphatic carbocycles. The average molecular weight is 525 g/mol. The Bertz CT molecular complexity index is 1430. The van der Waals surface area contributed by atoms with Gasteiger partial charge in [0.25, 0.3) is 11.7 Å². The first kappa shape index (κ1) is 25.2. The lowest BCUT2D eigenvalue weighted by Gasteiger charge is -2.26. The van der Waals surface area contributed by atoms with Gasteiger partial charge in [-0.15, -0.1) is 13.2 Å². The quantitative estimate of drug-likeness (QED) is 0.267. The van der Waals surface area contributed by atoms with Crippen LogP contribution in [0.25, 0.3) is 5.76 Å². The molecule has 3 aromatic carbocycles. The molecule has 0 aromatic heterocycles. The van der Waals surface area contributed by atoms with Gasteiger partial charge in [-0.05, 0) is 66.4 Å². The van der Waals surface area contributed by atoms with Crippen molar-refractivity contribution in [3.8, 4) is 17.2 Å². The van der Waals surface area contributed by atoms with Crippen LogP contribution in [0, 0.1) is 0 Å². The lowest BCUT2D eigenvalue weighted by atomic mass is 9.94. The SMILES string of the molecule is COc1ccc(C2/C(=C(/O)c3ccc4c(c3)CCCO4)C(=O)C(=O)N2c2cccc(OC(F)(F)F)c2)cc1. The molecule has 1 atom stereocenters. The molecule has 196 valence electrons. The van der Waals surface area contributed by atoms with Gasteiger partial charge in [0.2, 0.25) is 0 Å². The molecule has 2 aliphatic heterocycles. The Morgan fingerprint density at radius 1 is 1.03 bits per heavy atom. The van der Waals surface area contributed by atoms with Gasteiger partial charge < -0.3 is 19.3 Å². The van der Waals surface area contributed by atoms with Crippen molar-refractivity contribution < 1.29 is 42.1 Å².